The smallest absolute Gasteiger partial charge is 0.407 e. The molecule has 12 rings (SSSR count). The first kappa shape index (κ1) is 46.3. The largest absolute Gasteiger partial charge is 0.453 e. The zero-order chi connectivity index (χ0) is 49.2. The number of hydrogen-bond acceptors (Lipinski definition) is 8. The maximum Gasteiger partial charge on any atom is 0.407 e. The van der Waals surface area contributed by atoms with Gasteiger partial charge in [0.1, 0.15) is 23.7 Å². The standard InChI is InChI=1S/C58H64N8O6/c1-4-32(2)49(64-58(70)71-3)57(69)66-46-27-41(46)28-48(66)54-60-45-23-19-40-26-38(17-21-43(40)52(45)62-54)37-16-20-42-39(25-37)18-22-44-51(42)61-53(59-44)47-24-34(31-72-30-33-10-8-9-11-33)29-65(47)56(68)50(35-12-6-5-7-13-35)63-55(67)36-14-15-36/h5-7,12-13,16-23,25-26,32-34,36,41,46-50H,4,8-11,14-15,24,27-31H2,1-3H3,(H,59,61)(H,60,62)(H,63,67)(H,64,70)/t32-,34-,41+,46+,47-,48-,49-,50+/m0/s1. The van der Waals surface area contributed by atoms with Crippen LogP contribution in [0.2, 0.25) is 0 Å². The fourth-order valence-electron chi connectivity index (χ4n) is 12.2. The molecule has 3 saturated carbocycles. The predicted octanol–water partition coefficient (Wildman–Crippen LogP) is 10.2. The van der Waals surface area contributed by atoms with Crippen molar-refractivity contribution < 1.29 is 28.7 Å². The van der Waals surface area contributed by atoms with E-state index in [0.717, 1.165) is 111 Å². The van der Waals surface area contributed by atoms with E-state index in [-0.39, 0.29) is 53.6 Å². The number of imidazole rings is 2. The van der Waals surface area contributed by atoms with Crippen LogP contribution in [0, 0.1) is 29.6 Å². The minimum absolute atomic E-state index is 0.0318. The lowest BCUT2D eigenvalue weighted by Crippen LogP contribution is -2.52. The topological polar surface area (TPSA) is 175 Å². The number of rotatable bonds is 15. The maximum absolute atomic E-state index is 14.9. The van der Waals surface area contributed by atoms with Crippen LogP contribution in [0.25, 0.3) is 54.7 Å². The third kappa shape index (κ3) is 8.75. The van der Waals surface area contributed by atoms with Gasteiger partial charge in [0.05, 0.1) is 47.9 Å². The first-order chi connectivity index (χ1) is 35.1. The highest BCUT2D eigenvalue weighted by molar-refractivity contribution is 6.07. The predicted molar refractivity (Wildman–Crippen MR) is 276 cm³/mol. The molecular formula is C58H64N8O6. The van der Waals surface area contributed by atoms with Crippen molar-refractivity contribution in [2.75, 3.05) is 26.9 Å². The third-order valence-electron chi connectivity index (χ3n) is 16.7. The Morgan fingerprint density at radius 3 is 1.99 bits per heavy atom. The first-order valence-corrected chi connectivity index (χ1v) is 26.4. The van der Waals surface area contributed by atoms with Crippen molar-refractivity contribution in [1.29, 1.82) is 0 Å². The molecule has 0 bridgehead atoms. The third-order valence-corrected chi connectivity index (χ3v) is 16.7. The van der Waals surface area contributed by atoms with Crippen LogP contribution in [-0.2, 0) is 23.9 Å². The molecule has 2 aromatic heterocycles. The van der Waals surface area contributed by atoms with Gasteiger partial charge in [0, 0.05) is 41.8 Å². The highest BCUT2D eigenvalue weighted by atomic mass is 16.5. The number of likely N-dealkylation sites (tertiary alicyclic amines) is 2. The second kappa shape index (κ2) is 19.0. The molecule has 14 heteroatoms. The van der Waals surface area contributed by atoms with Crippen molar-refractivity contribution in [2.24, 2.45) is 29.6 Å². The lowest BCUT2D eigenvalue weighted by molar-refractivity contribution is -0.138. The molecule has 2 aliphatic heterocycles. The minimum Gasteiger partial charge on any atom is -0.453 e. The number of carbonyl (C=O) groups is 4. The second-order valence-corrected chi connectivity index (χ2v) is 21.5. The highest BCUT2D eigenvalue weighted by Gasteiger charge is 2.56. The lowest BCUT2D eigenvalue weighted by Gasteiger charge is -2.32. The molecule has 72 heavy (non-hydrogen) atoms. The van der Waals surface area contributed by atoms with Gasteiger partial charge in [0.2, 0.25) is 17.7 Å². The lowest BCUT2D eigenvalue weighted by atomic mass is 9.97. The number of nitrogens with zero attached hydrogens (tertiary/aromatic N) is 4. The number of methoxy groups -OCH3 is 1. The van der Waals surface area contributed by atoms with Gasteiger partial charge >= 0.3 is 6.09 Å². The number of alkyl carbamates (subject to hydrolysis) is 1. The number of aromatic amines is 2. The molecule has 0 spiro atoms. The summed E-state index contributed by atoms with van der Waals surface area (Å²) in [6.07, 6.45) is 9.34. The van der Waals surface area contributed by atoms with Crippen LogP contribution in [0.5, 0.6) is 0 Å². The van der Waals surface area contributed by atoms with Crippen molar-refractivity contribution in [2.45, 2.75) is 108 Å². The van der Waals surface area contributed by atoms with Crippen LogP contribution in [0.3, 0.4) is 0 Å². The van der Waals surface area contributed by atoms with Gasteiger partial charge in [0.15, 0.2) is 0 Å². The number of H-pyrrole nitrogens is 2. The Labute approximate surface area is 419 Å². The number of carbonyl (C=O) groups excluding carboxylic acids is 4. The summed E-state index contributed by atoms with van der Waals surface area (Å²) in [5.74, 6) is 2.33. The van der Waals surface area contributed by atoms with E-state index >= 15 is 0 Å². The number of aromatic nitrogens is 4. The van der Waals surface area contributed by atoms with E-state index in [1.807, 2.05) is 54.0 Å². The normalized spacial score (nSPS) is 23.2. The van der Waals surface area contributed by atoms with E-state index in [0.29, 0.717) is 31.4 Å². The molecule has 4 amide bonds. The quantitative estimate of drug-likeness (QED) is 0.0785. The molecule has 7 aromatic rings. The van der Waals surface area contributed by atoms with Crippen LogP contribution in [0.1, 0.15) is 113 Å². The molecule has 5 fully saturated rings. The SMILES string of the molecule is CC[C@H](C)[C@H](NC(=O)OC)C(=O)N1[C@@H]2C[C@@H]2C[C@H]1c1nc2c(ccc3cc(-c4ccc5c(ccc6[nH]c([C@@H]7C[C@H](COCC8CCCC8)CN7C(=O)[C@H](NC(=O)C7CC7)c7ccccc7)nc65)c4)ccc32)[nH]1. The molecule has 14 nitrogen and oxygen atoms in total. The molecule has 5 aromatic carbocycles. The van der Waals surface area contributed by atoms with Crippen molar-refractivity contribution in [3.05, 3.63) is 108 Å². The number of nitrogens with one attached hydrogen (secondary N) is 4. The summed E-state index contributed by atoms with van der Waals surface area (Å²) in [5.41, 5.74) is 6.48. The van der Waals surface area contributed by atoms with Crippen LogP contribution in [0.15, 0.2) is 91.0 Å². The van der Waals surface area contributed by atoms with Gasteiger partial charge in [-0.2, -0.15) is 0 Å². The number of amides is 4. The Kier molecular flexibility index (Phi) is 12.2. The molecule has 372 valence electrons. The Balaban J connectivity index is 0.813. The van der Waals surface area contributed by atoms with Crippen molar-refractivity contribution in [3.63, 3.8) is 0 Å². The Morgan fingerprint density at radius 1 is 0.722 bits per heavy atom. The Hall–Kier alpha value is -6.80. The fraction of sp³-hybridized carbons (Fsp3) is 0.448. The zero-order valence-electron chi connectivity index (χ0n) is 41.4. The average molecular weight is 969 g/mol. The number of benzene rings is 5. The summed E-state index contributed by atoms with van der Waals surface area (Å²) in [4.78, 5) is 76.3. The van der Waals surface area contributed by atoms with E-state index in [1.165, 1.54) is 32.8 Å². The monoisotopic (exact) mass is 968 g/mol. The highest BCUT2D eigenvalue weighted by Crippen LogP contribution is 2.54. The van der Waals surface area contributed by atoms with Crippen LogP contribution in [-0.4, -0.2) is 92.5 Å². The molecule has 3 aliphatic carbocycles. The second-order valence-electron chi connectivity index (χ2n) is 21.5. The maximum atomic E-state index is 14.9. The zero-order valence-corrected chi connectivity index (χ0v) is 41.4. The minimum atomic E-state index is -0.793. The molecule has 4 N–H and O–H groups in total. The van der Waals surface area contributed by atoms with Crippen molar-refractivity contribution >= 4 is 67.4 Å². The summed E-state index contributed by atoms with van der Waals surface area (Å²) >= 11 is 0. The first-order valence-electron chi connectivity index (χ1n) is 26.4. The van der Waals surface area contributed by atoms with Crippen LogP contribution >= 0.6 is 0 Å². The number of fused-ring (bicyclic) bond motifs is 7. The molecule has 8 atom stereocenters. The number of ether oxygens (including phenoxy) is 2. The van der Waals surface area contributed by atoms with Crippen molar-refractivity contribution in [1.82, 2.24) is 40.4 Å². The number of piperidine rings is 1. The van der Waals surface area contributed by atoms with Crippen LogP contribution < -0.4 is 10.6 Å². The van der Waals surface area contributed by atoms with Gasteiger partial charge in [0.25, 0.3) is 0 Å². The summed E-state index contributed by atoms with van der Waals surface area (Å²) in [5, 5.41) is 10.1. The molecule has 0 radical (unpaired) electrons. The Bertz CT molecular complexity index is 3210. The molecule has 0 unspecified atom stereocenters. The summed E-state index contributed by atoms with van der Waals surface area (Å²) in [6, 6.07) is 29.2. The van der Waals surface area contributed by atoms with Gasteiger partial charge in [-0.25, -0.2) is 14.8 Å². The van der Waals surface area contributed by atoms with E-state index in [4.69, 9.17) is 19.4 Å². The van der Waals surface area contributed by atoms with Gasteiger partial charge in [-0.15, -0.1) is 0 Å². The average Bonchev–Trinajstić information content (AvgIpc) is 3.97. The van der Waals surface area contributed by atoms with E-state index < -0.39 is 18.2 Å². The summed E-state index contributed by atoms with van der Waals surface area (Å²) in [7, 11) is 1.32. The van der Waals surface area contributed by atoms with Gasteiger partial charge in [-0.1, -0.05) is 99.8 Å². The number of hydrogen-bond donors (Lipinski definition) is 4. The van der Waals surface area contributed by atoms with Crippen LogP contribution in [0.4, 0.5) is 4.79 Å². The summed E-state index contributed by atoms with van der Waals surface area (Å²) in [6.45, 7) is 5.87. The molecule has 2 saturated heterocycles. The molecular weight excluding hydrogens is 905 g/mol. The molecule has 5 aliphatic rings. The fourth-order valence-corrected chi connectivity index (χ4v) is 12.2. The van der Waals surface area contributed by atoms with E-state index in [2.05, 4.69) is 81.3 Å². The van der Waals surface area contributed by atoms with Crippen molar-refractivity contribution in [3.8, 4) is 11.1 Å². The van der Waals surface area contributed by atoms with Gasteiger partial charge in [-0.05, 0) is 114 Å². The van der Waals surface area contributed by atoms with Gasteiger partial charge in [-0.3, -0.25) is 14.4 Å². The van der Waals surface area contributed by atoms with E-state index in [1.54, 1.807) is 0 Å². The van der Waals surface area contributed by atoms with Gasteiger partial charge < -0.3 is 39.9 Å². The molecule has 4 heterocycles. The Morgan fingerprint density at radius 2 is 1.36 bits per heavy atom. The summed E-state index contributed by atoms with van der Waals surface area (Å²) < 4.78 is 11.3. The van der Waals surface area contributed by atoms with E-state index in [9.17, 15) is 19.2 Å².